The van der Waals surface area contributed by atoms with Gasteiger partial charge in [0.25, 0.3) is 0 Å². The van der Waals surface area contributed by atoms with Crippen LogP contribution in [0.1, 0.15) is 5.56 Å². The topological polar surface area (TPSA) is 56.5 Å². The number of hydrogen-bond acceptors (Lipinski definition) is 4. The summed E-state index contributed by atoms with van der Waals surface area (Å²) in [4.78, 5) is 20.0. The van der Waals surface area contributed by atoms with E-state index < -0.39 is 0 Å². The van der Waals surface area contributed by atoms with E-state index >= 15 is 0 Å². The van der Waals surface area contributed by atoms with Crippen LogP contribution in [0.15, 0.2) is 170 Å². The molecular formula is C45H31N5. The Morgan fingerprint density at radius 2 is 1.04 bits per heavy atom. The SMILES string of the molecule is Cc1cccc(-c2ccc3c(c2)c2ccccc2n3-c2cc(-c3ccccn3)ccc2-c2nc(-c3ccccc3)nc(-c3ccccc3)n2)c1. The van der Waals surface area contributed by atoms with Crippen molar-refractivity contribution >= 4 is 21.8 Å². The van der Waals surface area contributed by atoms with Crippen molar-refractivity contribution in [1.29, 1.82) is 0 Å². The Hall–Kier alpha value is -6.72. The summed E-state index contributed by atoms with van der Waals surface area (Å²) in [5, 5.41) is 2.36. The largest absolute Gasteiger partial charge is 0.308 e. The molecule has 0 aliphatic rings. The summed E-state index contributed by atoms with van der Waals surface area (Å²) < 4.78 is 2.35. The maximum absolute atomic E-state index is 5.14. The maximum Gasteiger partial charge on any atom is 0.166 e. The highest BCUT2D eigenvalue weighted by atomic mass is 15.1. The molecule has 0 aliphatic heterocycles. The number of rotatable bonds is 6. The smallest absolute Gasteiger partial charge is 0.166 e. The standard InChI is InChI=1S/C45H31N5/c1-30-13-12-18-33(27-30)34-23-25-41-38(28-34)36-19-8-9-21-40(36)50(41)42-29-35(39-20-10-11-26-46-39)22-24-37(42)45-48-43(31-14-4-2-5-15-31)47-44(49-45)32-16-6-3-7-17-32/h2-29H,1H3. The highest BCUT2D eigenvalue weighted by Gasteiger charge is 2.21. The third-order valence-electron chi connectivity index (χ3n) is 9.16. The minimum Gasteiger partial charge on any atom is -0.308 e. The molecule has 0 amide bonds. The van der Waals surface area contributed by atoms with Crippen LogP contribution in [0.25, 0.3) is 84.0 Å². The molecule has 0 aliphatic carbocycles. The van der Waals surface area contributed by atoms with E-state index in [1.54, 1.807) is 0 Å². The lowest BCUT2D eigenvalue weighted by molar-refractivity contribution is 1.06. The van der Waals surface area contributed by atoms with E-state index in [2.05, 4.69) is 96.4 Å². The maximum atomic E-state index is 5.14. The molecule has 0 fully saturated rings. The summed E-state index contributed by atoms with van der Waals surface area (Å²) in [7, 11) is 0. The first-order valence-corrected chi connectivity index (χ1v) is 16.7. The van der Waals surface area contributed by atoms with Gasteiger partial charge in [-0.1, -0.05) is 127 Å². The van der Waals surface area contributed by atoms with Gasteiger partial charge in [-0.05, 0) is 60.5 Å². The fourth-order valence-corrected chi connectivity index (χ4v) is 6.76. The number of benzene rings is 6. The summed E-state index contributed by atoms with van der Waals surface area (Å²) in [6, 6.07) is 56.7. The average Bonchev–Trinajstić information content (AvgIpc) is 3.52. The Balaban J connectivity index is 1.34. The van der Waals surface area contributed by atoms with Gasteiger partial charge < -0.3 is 4.57 Å². The second-order valence-electron chi connectivity index (χ2n) is 12.4. The number of nitrogens with zero attached hydrogens (tertiary/aromatic N) is 5. The summed E-state index contributed by atoms with van der Waals surface area (Å²) in [5.41, 5.74) is 11.5. The third-order valence-corrected chi connectivity index (χ3v) is 9.16. The number of aryl methyl sites for hydroxylation is 1. The van der Waals surface area contributed by atoms with Crippen LogP contribution < -0.4 is 0 Å². The molecule has 0 saturated heterocycles. The first-order chi connectivity index (χ1) is 24.7. The highest BCUT2D eigenvalue weighted by molar-refractivity contribution is 6.11. The molecule has 0 atom stereocenters. The van der Waals surface area contributed by atoms with Crippen LogP contribution in [-0.4, -0.2) is 24.5 Å². The molecule has 5 nitrogen and oxygen atoms in total. The molecule has 0 spiro atoms. The Morgan fingerprint density at radius 1 is 0.420 bits per heavy atom. The lowest BCUT2D eigenvalue weighted by Crippen LogP contribution is -2.04. The Labute approximate surface area is 290 Å². The Kier molecular flexibility index (Phi) is 7.29. The van der Waals surface area contributed by atoms with E-state index in [9.17, 15) is 0 Å². The zero-order valence-electron chi connectivity index (χ0n) is 27.4. The molecule has 9 aromatic rings. The second-order valence-corrected chi connectivity index (χ2v) is 12.4. The predicted octanol–water partition coefficient (Wildman–Crippen LogP) is 11.0. The van der Waals surface area contributed by atoms with Crippen LogP contribution >= 0.6 is 0 Å². The second kappa shape index (κ2) is 12.4. The average molecular weight is 642 g/mol. The monoisotopic (exact) mass is 641 g/mol. The molecule has 0 radical (unpaired) electrons. The molecule has 3 heterocycles. The number of fused-ring (bicyclic) bond motifs is 3. The quantitative estimate of drug-likeness (QED) is 0.181. The van der Waals surface area contributed by atoms with Crippen molar-refractivity contribution in [3.05, 3.63) is 176 Å². The number of pyridine rings is 1. The summed E-state index contributed by atoms with van der Waals surface area (Å²) in [6.45, 7) is 2.14. The number of hydrogen-bond donors (Lipinski definition) is 0. The van der Waals surface area contributed by atoms with Crippen molar-refractivity contribution in [2.24, 2.45) is 0 Å². The van der Waals surface area contributed by atoms with Gasteiger partial charge in [0.15, 0.2) is 17.5 Å². The fourth-order valence-electron chi connectivity index (χ4n) is 6.76. The zero-order valence-corrected chi connectivity index (χ0v) is 27.4. The van der Waals surface area contributed by atoms with Crippen LogP contribution in [0.3, 0.4) is 0 Å². The van der Waals surface area contributed by atoms with Crippen molar-refractivity contribution in [1.82, 2.24) is 24.5 Å². The van der Waals surface area contributed by atoms with Gasteiger partial charge in [0, 0.05) is 39.2 Å². The molecule has 236 valence electrons. The normalized spacial score (nSPS) is 11.3. The van der Waals surface area contributed by atoms with Crippen LogP contribution in [-0.2, 0) is 0 Å². The molecule has 0 saturated carbocycles. The molecule has 9 rings (SSSR count). The molecule has 50 heavy (non-hydrogen) atoms. The lowest BCUT2D eigenvalue weighted by atomic mass is 10.0. The van der Waals surface area contributed by atoms with Crippen molar-refractivity contribution in [2.45, 2.75) is 6.92 Å². The molecule has 3 aromatic heterocycles. The van der Waals surface area contributed by atoms with Gasteiger partial charge in [-0.25, -0.2) is 15.0 Å². The minimum atomic E-state index is 0.600. The van der Waals surface area contributed by atoms with E-state index in [1.165, 1.54) is 27.5 Å². The molecule has 0 N–H and O–H groups in total. The summed E-state index contributed by atoms with van der Waals surface area (Å²) in [6.07, 6.45) is 1.83. The first kappa shape index (κ1) is 29.4. The van der Waals surface area contributed by atoms with Gasteiger partial charge in [-0.15, -0.1) is 0 Å². The van der Waals surface area contributed by atoms with Crippen LogP contribution in [0, 0.1) is 6.92 Å². The van der Waals surface area contributed by atoms with E-state index in [-0.39, 0.29) is 0 Å². The van der Waals surface area contributed by atoms with E-state index in [0.717, 1.165) is 44.7 Å². The van der Waals surface area contributed by atoms with E-state index in [1.807, 2.05) is 85.1 Å². The predicted molar refractivity (Wildman–Crippen MR) is 204 cm³/mol. The molecule has 6 aromatic carbocycles. The van der Waals surface area contributed by atoms with Crippen molar-refractivity contribution in [2.75, 3.05) is 0 Å². The van der Waals surface area contributed by atoms with Gasteiger partial charge in [0.2, 0.25) is 0 Å². The minimum absolute atomic E-state index is 0.600. The van der Waals surface area contributed by atoms with Crippen LogP contribution in [0.2, 0.25) is 0 Å². The Morgan fingerprint density at radius 3 is 1.76 bits per heavy atom. The molecule has 0 unspecified atom stereocenters. The Bertz CT molecular complexity index is 2590. The van der Waals surface area contributed by atoms with Gasteiger partial charge >= 0.3 is 0 Å². The third kappa shape index (κ3) is 5.31. The van der Waals surface area contributed by atoms with E-state index in [0.29, 0.717) is 17.5 Å². The number of aromatic nitrogens is 5. The fraction of sp³-hybridized carbons (Fsp3) is 0.0222. The van der Waals surface area contributed by atoms with E-state index in [4.69, 9.17) is 19.9 Å². The molecule has 5 heteroatoms. The first-order valence-electron chi connectivity index (χ1n) is 16.7. The van der Waals surface area contributed by atoms with Gasteiger partial charge in [0.05, 0.1) is 22.4 Å². The van der Waals surface area contributed by atoms with Gasteiger partial charge in [-0.2, -0.15) is 0 Å². The van der Waals surface area contributed by atoms with Crippen LogP contribution in [0.5, 0.6) is 0 Å². The molecular weight excluding hydrogens is 611 g/mol. The zero-order chi connectivity index (χ0) is 33.4. The molecule has 0 bridgehead atoms. The number of para-hydroxylation sites is 1. The van der Waals surface area contributed by atoms with Crippen molar-refractivity contribution in [3.8, 4) is 62.2 Å². The van der Waals surface area contributed by atoms with Crippen molar-refractivity contribution in [3.63, 3.8) is 0 Å². The summed E-state index contributed by atoms with van der Waals surface area (Å²) in [5.74, 6) is 1.85. The van der Waals surface area contributed by atoms with Gasteiger partial charge in [0.1, 0.15) is 0 Å². The highest BCUT2D eigenvalue weighted by Crippen LogP contribution is 2.39. The van der Waals surface area contributed by atoms with Crippen molar-refractivity contribution < 1.29 is 0 Å². The lowest BCUT2D eigenvalue weighted by Gasteiger charge is -2.16. The van der Waals surface area contributed by atoms with Crippen LogP contribution in [0.4, 0.5) is 0 Å². The summed E-state index contributed by atoms with van der Waals surface area (Å²) >= 11 is 0. The van der Waals surface area contributed by atoms with Gasteiger partial charge in [-0.3, -0.25) is 4.98 Å².